The molecule has 2 unspecified atom stereocenters. The van der Waals surface area contributed by atoms with Crippen LogP contribution in [0.5, 0.6) is 0 Å². The van der Waals surface area contributed by atoms with E-state index in [0.717, 1.165) is 11.6 Å². The summed E-state index contributed by atoms with van der Waals surface area (Å²) in [7, 11) is 0. The molecular formula is C11H21N3. The molecule has 14 heavy (non-hydrogen) atoms. The zero-order valence-electron chi connectivity index (χ0n) is 9.40. The third-order valence-electron chi connectivity index (χ3n) is 2.87. The fourth-order valence-electron chi connectivity index (χ4n) is 1.75. The van der Waals surface area contributed by atoms with Gasteiger partial charge in [-0.2, -0.15) is 0 Å². The summed E-state index contributed by atoms with van der Waals surface area (Å²) in [4.78, 5) is 4.13. The molecule has 0 aromatic carbocycles. The highest BCUT2D eigenvalue weighted by Gasteiger charge is 2.11. The SMILES string of the molecule is CCC(C)CC(C)n1cncc1CN. The van der Waals surface area contributed by atoms with Crippen molar-refractivity contribution in [1.82, 2.24) is 9.55 Å². The average Bonchev–Trinajstić information content (AvgIpc) is 2.65. The third kappa shape index (κ3) is 2.58. The van der Waals surface area contributed by atoms with Gasteiger partial charge in [0.15, 0.2) is 0 Å². The Morgan fingerprint density at radius 2 is 2.21 bits per heavy atom. The van der Waals surface area contributed by atoms with E-state index >= 15 is 0 Å². The van der Waals surface area contributed by atoms with Gasteiger partial charge in [0, 0.05) is 18.8 Å². The third-order valence-corrected chi connectivity index (χ3v) is 2.87. The van der Waals surface area contributed by atoms with Crippen LogP contribution in [0, 0.1) is 5.92 Å². The lowest BCUT2D eigenvalue weighted by Gasteiger charge is -2.19. The van der Waals surface area contributed by atoms with Crippen LogP contribution in [0.4, 0.5) is 0 Å². The minimum Gasteiger partial charge on any atom is -0.331 e. The highest BCUT2D eigenvalue weighted by Crippen LogP contribution is 2.20. The molecule has 80 valence electrons. The van der Waals surface area contributed by atoms with Gasteiger partial charge in [0.2, 0.25) is 0 Å². The molecular weight excluding hydrogens is 174 g/mol. The summed E-state index contributed by atoms with van der Waals surface area (Å²) in [6.45, 7) is 7.32. The van der Waals surface area contributed by atoms with Gasteiger partial charge in [-0.3, -0.25) is 0 Å². The van der Waals surface area contributed by atoms with Gasteiger partial charge in [0.25, 0.3) is 0 Å². The standard InChI is InChI=1S/C11H21N3/c1-4-9(2)5-10(3)14-8-13-7-11(14)6-12/h7-10H,4-6,12H2,1-3H3. The van der Waals surface area contributed by atoms with Crippen LogP contribution in [0.25, 0.3) is 0 Å². The second kappa shape index (κ2) is 5.15. The summed E-state index contributed by atoms with van der Waals surface area (Å²) >= 11 is 0. The normalized spacial score (nSPS) is 15.4. The van der Waals surface area contributed by atoms with E-state index in [0.29, 0.717) is 12.6 Å². The predicted octanol–water partition coefficient (Wildman–Crippen LogP) is 2.34. The Kier molecular flexibility index (Phi) is 4.14. The van der Waals surface area contributed by atoms with E-state index in [1.165, 1.54) is 12.8 Å². The topological polar surface area (TPSA) is 43.8 Å². The van der Waals surface area contributed by atoms with Crippen LogP contribution in [0.1, 0.15) is 45.3 Å². The largest absolute Gasteiger partial charge is 0.331 e. The molecule has 0 radical (unpaired) electrons. The molecule has 3 nitrogen and oxygen atoms in total. The van der Waals surface area contributed by atoms with E-state index < -0.39 is 0 Å². The molecule has 1 aromatic heterocycles. The minimum atomic E-state index is 0.506. The van der Waals surface area contributed by atoms with Crippen LogP contribution in [-0.4, -0.2) is 9.55 Å². The Morgan fingerprint density at radius 1 is 1.50 bits per heavy atom. The Bertz CT molecular complexity index is 267. The first-order valence-electron chi connectivity index (χ1n) is 5.39. The molecule has 0 aliphatic carbocycles. The van der Waals surface area contributed by atoms with E-state index in [1.54, 1.807) is 0 Å². The first kappa shape index (κ1) is 11.2. The van der Waals surface area contributed by atoms with Gasteiger partial charge in [-0.1, -0.05) is 20.3 Å². The second-order valence-electron chi connectivity index (χ2n) is 4.09. The van der Waals surface area contributed by atoms with E-state index in [4.69, 9.17) is 5.73 Å². The quantitative estimate of drug-likeness (QED) is 0.783. The molecule has 2 atom stereocenters. The van der Waals surface area contributed by atoms with Gasteiger partial charge in [-0.15, -0.1) is 0 Å². The molecule has 0 fully saturated rings. The van der Waals surface area contributed by atoms with Crippen LogP contribution in [-0.2, 0) is 6.54 Å². The zero-order valence-corrected chi connectivity index (χ0v) is 9.40. The molecule has 0 aliphatic rings. The van der Waals surface area contributed by atoms with Crippen molar-refractivity contribution in [3.8, 4) is 0 Å². The van der Waals surface area contributed by atoms with Crippen LogP contribution >= 0.6 is 0 Å². The second-order valence-corrected chi connectivity index (χ2v) is 4.09. The molecule has 0 saturated carbocycles. The summed E-state index contributed by atoms with van der Waals surface area (Å²) in [6.07, 6.45) is 6.17. The monoisotopic (exact) mass is 195 g/mol. The first-order chi connectivity index (χ1) is 6.69. The molecule has 1 rings (SSSR count). The predicted molar refractivity (Wildman–Crippen MR) is 58.9 cm³/mol. The molecule has 0 spiro atoms. The smallest absolute Gasteiger partial charge is 0.0951 e. The Hall–Kier alpha value is -0.830. The maximum Gasteiger partial charge on any atom is 0.0951 e. The maximum absolute atomic E-state index is 5.64. The fourth-order valence-corrected chi connectivity index (χ4v) is 1.75. The fraction of sp³-hybridized carbons (Fsp3) is 0.727. The first-order valence-corrected chi connectivity index (χ1v) is 5.39. The summed E-state index contributed by atoms with van der Waals surface area (Å²) in [6, 6.07) is 0.506. The van der Waals surface area contributed by atoms with Crippen molar-refractivity contribution in [2.75, 3.05) is 0 Å². The van der Waals surface area contributed by atoms with E-state index in [9.17, 15) is 0 Å². The zero-order chi connectivity index (χ0) is 10.6. The molecule has 1 aromatic rings. The molecule has 0 amide bonds. The summed E-state index contributed by atoms with van der Waals surface area (Å²) in [5.41, 5.74) is 6.76. The average molecular weight is 195 g/mol. The van der Waals surface area contributed by atoms with Crippen LogP contribution < -0.4 is 5.73 Å². The Labute approximate surface area is 86.3 Å². The lowest BCUT2D eigenvalue weighted by molar-refractivity contribution is 0.392. The molecule has 0 bridgehead atoms. The Balaban J connectivity index is 2.64. The van der Waals surface area contributed by atoms with Gasteiger partial charge < -0.3 is 10.3 Å². The number of hydrogen-bond donors (Lipinski definition) is 1. The highest BCUT2D eigenvalue weighted by molar-refractivity contribution is 4.99. The van der Waals surface area contributed by atoms with Crippen molar-refractivity contribution in [2.24, 2.45) is 11.7 Å². The molecule has 2 N–H and O–H groups in total. The molecule has 1 heterocycles. The number of nitrogens with zero attached hydrogens (tertiary/aromatic N) is 2. The molecule has 0 aliphatic heterocycles. The highest BCUT2D eigenvalue weighted by atomic mass is 15.1. The van der Waals surface area contributed by atoms with Crippen molar-refractivity contribution < 1.29 is 0 Å². The number of aromatic nitrogens is 2. The maximum atomic E-state index is 5.64. The number of rotatable bonds is 5. The van der Waals surface area contributed by atoms with Crippen molar-refractivity contribution in [3.63, 3.8) is 0 Å². The van der Waals surface area contributed by atoms with Crippen molar-refractivity contribution in [1.29, 1.82) is 0 Å². The van der Waals surface area contributed by atoms with Gasteiger partial charge in [-0.05, 0) is 19.3 Å². The van der Waals surface area contributed by atoms with E-state index in [1.807, 2.05) is 12.5 Å². The van der Waals surface area contributed by atoms with Crippen molar-refractivity contribution in [2.45, 2.75) is 46.2 Å². The molecule has 3 heteroatoms. The van der Waals surface area contributed by atoms with Gasteiger partial charge in [0.05, 0.1) is 12.0 Å². The van der Waals surface area contributed by atoms with E-state index in [2.05, 4.69) is 30.3 Å². The summed E-state index contributed by atoms with van der Waals surface area (Å²) in [5.74, 6) is 0.762. The van der Waals surface area contributed by atoms with Gasteiger partial charge in [-0.25, -0.2) is 4.98 Å². The number of nitrogens with two attached hydrogens (primary N) is 1. The van der Waals surface area contributed by atoms with Crippen LogP contribution in [0.15, 0.2) is 12.5 Å². The number of imidazole rings is 1. The molecule has 0 saturated heterocycles. The van der Waals surface area contributed by atoms with E-state index in [-0.39, 0.29) is 0 Å². The van der Waals surface area contributed by atoms with Crippen molar-refractivity contribution in [3.05, 3.63) is 18.2 Å². The number of hydrogen-bond acceptors (Lipinski definition) is 2. The minimum absolute atomic E-state index is 0.506. The summed E-state index contributed by atoms with van der Waals surface area (Å²) in [5, 5.41) is 0. The lowest BCUT2D eigenvalue weighted by Crippen LogP contribution is -2.13. The van der Waals surface area contributed by atoms with Crippen LogP contribution in [0.2, 0.25) is 0 Å². The summed E-state index contributed by atoms with van der Waals surface area (Å²) < 4.78 is 2.19. The van der Waals surface area contributed by atoms with Gasteiger partial charge >= 0.3 is 0 Å². The van der Waals surface area contributed by atoms with Crippen molar-refractivity contribution >= 4 is 0 Å². The van der Waals surface area contributed by atoms with Crippen LogP contribution in [0.3, 0.4) is 0 Å². The lowest BCUT2D eigenvalue weighted by atomic mass is 10.0. The van der Waals surface area contributed by atoms with Gasteiger partial charge in [0.1, 0.15) is 0 Å². The Morgan fingerprint density at radius 3 is 2.79 bits per heavy atom.